The molecule has 0 spiro atoms. The molecule has 188 valence electrons. The molecule has 0 unspecified atom stereocenters. The van der Waals surface area contributed by atoms with E-state index in [1.807, 2.05) is 48.5 Å². The van der Waals surface area contributed by atoms with Crippen molar-refractivity contribution in [2.24, 2.45) is 11.8 Å². The molecular formula is C32H42O3. The van der Waals surface area contributed by atoms with Crippen molar-refractivity contribution in [1.82, 2.24) is 0 Å². The van der Waals surface area contributed by atoms with Crippen molar-refractivity contribution in [3.05, 3.63) is 102 Å². The Balaban J connectivity index is 0.000000328. The van der Waals surface area contributed by atoms with Crippen molar-refractivity contribution >= 4 is 0 Å². The Morgan fingerprint density at radius 2 is 1.11 bits per heavy atom. The largest absolute Gasteiger partial charge is 0.496 e. The van der Waals surface area contributed by atoms with Crippen molar-refractivity contribution in [2.75, 3.05) is 21.3 Å². The van der Waals surface area contributed by atoms with Crippen molar-refractivity contribution in [1.29, 1.82) is 0 Å². The zero-order valence-corrected chi connectivity index (χ0v) is 22.1. The van der Waals surface area contributed by atoms with E-state index in [0.717, 1.165) is 36.5 Å². The van der Waals surface area contributed by atoms with Gasteiger partial charge in [-0.25, -0.2) is 0 Å². The van der Waals surface area contributed by atoms with Crippen LogP contribution in [0.1, 0.15) is 43.4 Å². The van der Waals surface area contributed by atoms with E-state index in [0.29, 0.717) is 11.8 Å². The van der Waals surface area contributed by atoms with E-state index >= 15 is 0 Å². The van der Waals surface area contributed by atoms with Gasteiger partial charge in [0.1, 0.15) is 17.2 Å². The highest BCUT2D eigenvalue weighted by Gasteiger charge is 2.16. The van der Waals surface area contributed by atoms with E-state index in [1.165, 1.54) is 29.5 Å². The summed E-state index contributed by atoms with van der Waals surface area (Å²) in [6.45, 7) is 8.31. The number of rotatable bonds is 12. The van der Waals surface area contributed by atoms with Crippen LogP contribution in [0.15, 0.2) is 85.5 Å². The summed E-state index contributed by atoms with van der Waals surface area (Å²) in [5, 5.41) is 0. The van der Waals surface area contributed by atoms with E-state index in [2.05, 4.69) is 50.8 Å². The number of para-hydroxylation sites is 3. The molecule has 0 saturated heterocycles. The molecule has 3 heteroatoms. The fourth-order valence-electron chi connectivity index (χ4n) is 4.50. The summed E-state index contributed by atoms with van der Waals surface area (Å²) < 4.78 is 16.1. The average molecular weight is 475 g/mol. The molecule has 0 aliphatic rings. The van der Waals surface area contributed by atoms with Gasteiger partial charge >= 0.3 is 0 Å². The van der Waals surface area contributed by atoms with E-state index in [-0.39, 0.29) is 0 Å². The molecule has 0 amide bonds. The third-order valence-corrected chi connectivity index (χ3v) is 6.33. The first-order chi connectivity index (χ1) is 17.1. The smallest absolute Gasteiger partial charge is 0.122 e. The summed E-state index contributed by atoms with van der Waals surface area (Å²) >= 11 is 0. The van der Waals surface area contributed by atoms with Crippen molar-refractivity contribution < 1.29 is 14.2 Å². The molecule has 0 aromatic heterocycles. The lowest BCUT2D eigenvalue weighted by Crippen LogP contribution is -2.12. The minimum atomic E-state index is 0.626. The van der Waals surface area contributed by atoms with Gasteiger partial charge in [0.25, 0.3) is 0 Å². The Labute approximate surface area is 212 Å². The number of allylic oxidation sites excluding steroid dienone is 1. The molecule has 0 fully saturated rings. The molecule has 0 aliphatic heterocycles. The van der Waals surface area contributed by atoms with Gasteiger partial charge in [0.2, 0.25) is 0 Å². The van der Waals surface area contributed by atoms with Gasteiger partial charge in [0.05, 0.1) is 21.3 Å². The minimum Gasteiger partial charge on any atom is -0.496 e. The second kappa shape index (κ2) is 15.7. The lowest BCUT2D eigenvalue weighted by atomic mass is 9.85. The first-order valence-electron chi connectivity index (χ1n) is 12.5. The van der Waals surface area contributed by atoms with Crippen molar-refractivity contribution in [3.8, 4) is 17.2 Å². The lowest BCUT2D eigenvalue weighted by molar-refractivity contribution is 0.359. The highest BCUT2D eigenvalue weighted by atomic mass is 16.5. The molecule has 0 radical (unpaired) electrons. The van der Waals surface area contributed by atoms with Gasteiger partial charge in [-0.2, -0.15) is 0 Å². The number of hydrogen-bond acceptors (Lipinski definition) is 3. The summed E-state index contributed by atoms with van der Waals surface area (Å²) in [5.41, 5.74) is 3.81. The van der Waals surface area contributed by atoms with Crippen LogP contribution in [0.5, 0.6) is 17.2 Å². The molecule has 3 rings (SSSR count). The second-order valence-electron chi connectivity index (χ2n) is 8.95. The van der Waals surface area contributed by atoms with Gasteiger partial charge in [-0.15, -0.1) is 6.58 Å². The zero-order chi connectivity index (χ0) is 25.5. The monoisotopic (exact) mass is 474 g/mol. The third-order valence-electron chi connectivity index (χ3n) is 6.33. The summed E-state index contributed by atoms with van der Waals surface area (Å²) in [4.78, 5) is 0. The average Bonchev–Trinajstić information content (AvgIpc) is 2.89. The van der Waals surface area contributed by atoms with Gasteiger partial charge in [-0.3, -0.25) is 0 Å². The Hall–Kier alpha value is -3.20. The first kappa shape index (κ1) is 28.0. The lowest BCUT2D eigenvalue weighted by Gasteiger charge is -2.21. The number of hydrogen-bond donors (Lipinski definition) is 0. The van der Waals surface area contributed by atoms with Gasteiger partial charge < -0.3 is 14.2 Å². The van der Waals surface area contributed by atoms with Crippen LogP contribution in [0.25, 0.3) is 0 Å². The van der Waals surface area contributed by atoms with Crippen molar-refractivity contribution in [3.63, 3.8) is 0 Å². The maximum atomic E-state index is 5.51. The van der Waals surface area contributed by atoms with E-state index in [4.69, 9.17) is 14.2 Å². The molecule has 0 heterocycles. The van der Waals surface area contributed by atoms with Crippen LogP contribution in [0.4, 0.5) is 0 Å². The third kappa shape index (κ3) is 9.16. The molecule has 3 nitrogen and oxygen atoms in total. The minimum absolute atomic E-state index is 0.626. The summed E-state index contributed by atoms with van der Waals surface area (Å²) in [6.07, 6.45) is 7.28. The molecular weight excluding hydrogens is 432 g/mol. The molecule has 0 N–H and O–H groups in total. The Bertz CT molecular complexity index is 1010. The molecule has 2 atom stereocenters. The number of methoxy groups -OCH3 is 3. The predicted molar refractivity (Wildman–Crippen MR) is 148 cm³/mol. The normalized spacial score (nSPS) is 12.0. The SMILES string of the molecule is C=CCc1ccccc1OC.CC[C@@H](Cc1ccccc1OC)C[C@@H](C)Cc1ccccc1OC. The van der Waals surface area contributed by atoms with Crippen LogP contribution in [0.2, 0.25) is 0 Å². The maximum Gasteiger partial charge on any atom is 0.122 e. The quantitative estimate of drug-likeness (QED) is 0.249. The molecule has 0 aliphatic carbocycles. The number of benzene rings is 3. The van der Waals surface area contributed by atoms with Gasteiger partial charge in [0, 0.05) is 0 Å². The van der Waals surface area contributed by atoms with Crippen LogP contribution in [0, 0.1) is 11.8 Å². The Kier molecular flexibility index (Phi) is 12.5. The van der Waals surface area contributed by atoms with E-state index in [9.17, 15) is 0 Å². The second-order valence-corrected chi connectivity index (χ2v) is 8.95. The predicted octanol–water partition coefficient (Wildman–Crippen LogP) is 7.97. The molecule has 3 aromatic carbocycles. The summed E-state index contributed by atoms with van der Waals surface area (Å²) in [5.74, 6) is 4.25. The van der Waals surface area contributed by atoms with Crippen molar-refractivity contribution in [2.45, 2.75) is 46.0 Å². The van der Waals surface area contributed by atoms with Crippen LogP contribution in [0.3, 0.4) is 0 Å². The fourth-order valence-corrected chi connectivity index (χ4v) is 4.50. The van der Waals surface area contributed by atoms with Crippen LogP contribution < -0.4 is 14.2 Å². The highest BCUT2D eigenvalue weighted by Crippen LogP contribution is 2.29. The highest BCUT2D eigenvalue weighted by molar-refractivity contribution is 5.35. The molecule has 35 heavy (non-hydrogen) atoms. The summed E-state index contributed by atoms with van der Waals surface area (Å²) in [6, 6.07) is 24.7. The molecule has 3 aromatic rings. The van der Waals surface area contributed by atoms with E-state index in [1.54, 1.807) is 21.3 Å². The zero-order valence-electron chi connectivity index (χ0n) is 22.1. The number of ether oxygens (including phenoxy) is 3. The van der Waals surface area contributed by atoms with Gasteiger partial charge in [-0.1, -0.05) is 80.9 Å². The van der Waals surface area contributed by atoms with Crippen LogP contribution in [-0.2, 0) is 19.3 Å². The van der Waals surface area contributed by atoms with Crippen LogP contribution >= 0.6 is 0 Å². The Morgan fingerprint density at radius 3 is 1.57 bits per heavy atom. The van der Waals surface area contributed by atoms with Gasteiger partial charge in [-0.05, 0) is 72.4 Å². The van der Waals surface area contributed by atoms with E-state index < -0.39 is 0 Å². The summed E-state index contributed by atoms with van der Waals surface area (Å²) in [7, 11) is 5.19. The maximum absolute atomic E-state index is 5.51. The van der Waals surface area contributed by atoms with Gasteiger partial charge in [0.15, 0.2) is 0 Å². The van der Waals surface area contributed by atoms with Crippen LogP contribution in [-0.4, -0.2) is 21.3 Å². The first-order valence-corrected chi connectivity index (χ1v) is 12.5. The standard InChI is InChI=1S/C22H30O2.C10H12O/c1-5-18(16-20-11-7-9-13-22(20)24-4)14-17(2)15-19-10-6-8-12-21(19)23-3;1-3-6-9-7-4-5-8-10(9)11-2/h6-13,17-18H,5,14-16H2,1-4H3;3-5,7-8H,1,6H2,2H3/t17-,18-;/m1./s1. The molecule has 0 bridgehead atoms. The Morgan fingerprint density at radius 1 is 0.686 bits per heavy atom. The molecule has 0 saturated carbocycles. The fraction of sp³-hybridized carbons (Fsp3) is 0.375. The topological polar surface area (TPSA) is 27.7 Å².